The second kappa shape index (κ2) is 7.21. The molecule has 3 nitrogen and oxygen atoms in total. The smallest absolute Gasteiger partial charge is 0.274 e. The van der Waals surface area contributed by atoms with Crippen molar-refractivity contribution in [1.29, 1.82) is 0 Å². The third kappa shape index (κ3) is 3.23. The van der Waals surface area contributed by atoms with Crippen LogP contribution in [0.15, 0.2) is 103 Å². The summed E-state index contributed by atoms with van der Waals surface area (Å²) in [5.41, 5.74) is 4.19. The molecular weight excluding hydrogens is 356 g/mol. The molecule has 3 heteroatoms. The van der Waals surface area contributed by atoms with Crippen LogP contribution in [0, 0.1) is 0 Å². The van der Waals surface area contributed by atoms with Crippen molar-refractivity contribution < 1.29 is 4.79 Å². The van der Waals surface area contributed by atoms with Crippen molar-refractivity contribution >= 4 is 33.3 Å². The van der Waals surface area contributed by atoms with E-state index in [0.717, 1.165) is 38.5 Å². The Hall–Kier alpha value is -3.98. The number of para-hydroxylation sites is 1. The summed E-state index contributed by atoms with van der Waals surface area (Å²) >= 11 is 0. The highest BCUT2D eigenvalue weighted by atomic mass is 16.1. The van der Waals surface area contributed by atoms with Gasteiger partial charge in [-0.15, -0.1) is 0 Å². The molecule has 0 aliphatic heterocycles. The lowest BCUT2D eigenvalue weighted by molar-refractivity contribution is 0.102. The minimum Gasteiger partial charge on any atom is -0.320 e. The Kier molecular flexibility index (Phi) is 4.26. The molecule has 1 amide bonds. The average Bonchev–Trinajstić information content (AvgIpc) is 2.79. The number of nitrogens with one attached hydrogen (secondary N) is 1. The van der Waals surface area contributed by atoms with E-state index in [9.17, 15) is 4.79 Å². The molecule has 5 aromatic rings. The maximum atomic E-state index is 13.0. The summed E-state index contributed by atoms with van der Waals surface area (Å²) in [6, 6.07) is 33.8. The van der Waals surface area contributed by atoms with Crippen molar-refractivity contribution in [1.82, 2.24) is 4.98 Å². The Morgan fingerprint density at radius 1 is 0.655 bits per heavy atom. The number of hydrogen-bond donors (Lipinski definition) is 1. The lowest BCUT2D eigenvalue weighted by atomic mass is 9.97. The Morgan fingerprint density at radius 3 is 2.24 bits per heavy atom. The number of amides is 1. The predicted octanol–water partition coefficient (Wildman–Crippen LogP) is 6.31. The van der Waals surface area contributed by atoms with Crippen LogP contribution in [0.5, 0.6) is 0 Å². The van der Waals surface area contributed by atoms with E-state index >= 15 is 0 Å². The topological polar surface area (TPSA) is 42.0 Å². The minimum absolute atomic E-state index is 0.217. The van der Waals surface area contributed by atoms with Gasteiger partial charge in [0.1, 0.15) is 5.69 Å². The average molecular weight is 374 g/mol. The van der Waals surface area contributed by atoms with Crippen LogP contribution in [0.2, 0.25) is 0 Å². The normalized spacial score (nSPS) is 10.9. The number of anilines is 1. The number of rotatable bonds is 3. The second-order valence-corrected chi connectivity index (χ2v) is 6.92. The zero-order valence-electron chi connectivity index (χ0n) is 15.7. The quantitative estimate of drug-likeness (QED) is 0.402. The van der Waals surface area contributed by atoms with Gasteiger partial charge in [0.25, 0.3) is 5.91 Å². The minimum atomic E-state index is -0.217. The molecule has 0 aliphatic rings. The van der Waals surface area contributed by atoms with Crippen LogP contribution >= 0.6 is 0 Å². The third-order valence-electron chi connectivity index (χ3n) is 5.07. The molecular formula is C26H18N2O. The van der Waals surface area contributed by atoms with Crippen molar-refractivity contribution in [3.05, 3.63) is 109 Å². The zero-order valence-corrected chi connectivity index (χ0v) is 15.7. The summed E-state index contributed by atoms with van der Waals surface area (Å²) in [6.07, 6.45) is 0. The Balaban J connectivity index is 1.58. The van der Waals surface area contributed by atoms with E-state index in [-0.39, 0.29) is 5.91 Å². The molecule has 138 valence electrons. The van der Waals surface area contributed by atoms with Crippen LogP contribution in [-0.4, -0.2) is 10.9 Å². The molecule has 29 heavy (non-hydrogen) atoms. The SMILES string of the molecule is O=C(Nc1cccc2cccc(-c3ccccc3)c12)c1ccc2ccccc2n1. The third-order valence-corrected chi connectivity index (χ3v) is 5.07. The number of fused-ring (bicyclic) bond motifs is 2. The van der Waals surface area contributed by atoms with Crippen LogP contribution < -0.4 is 5.32 Å². The van der Waals surface area contributed by atoms with Gasteiger partial charge in [0, 0.05) is 16.5 Å². The number of benzene rings is 4. The van der Waals surface area contributed by atoms with Gasteiger partial charge in [-0.05, 0) is 34.7 Å². The van der Waals surface area contributed by atoms with E-state index in [1.54, 1.807) is 6.07 Å². The standard InChI is InChI=1S/C26H18N2O/c29-26(24-17-16-19-10-4-5-14-22(19)27-24)28-23-15-7-12-20-11-6-13-21(25(20)23)18-8-2-1-3-9-18/h1-17H,(H,28,29). The van der Waals surface area contributed by atoms with Crippen molar-refractivity contribution in [3.63, 3.8) is 0 Å². The van der Waals surface area contributed by atoms with Crippen molar-refractivity contribution in [2.75, 3.05) is 5.32 Å². The number of carbonyl (C=O) groups is 1. The Bertz CT molecular complexity index is 1340. The second-order valence-electron chi connectivity index (χ2n) is 6.92. The molecule has 0 saturated heterocycles. The van der Waals surface area contributed by atoms with Gasteiger partial charge in [0.15, 0.2) is 0 Å². The van der Waals surface area contributed by atoms with Crippen LogP contribution in [-0.2, 0) is 0 Å². The van der Waals surface area contributed by atoms with E-state index in [4.69, 9.17) is 0 Å². The monoisotopic (exact) mass is 374 g/mol. The van der Waals surface area contributed by atoms with Gasteiger partial charge >= 0.3 is 0 Å². The number of pyridine rings is 1. The highest BCUT2D eigenvalue weighted by molar-refractivity contribution is 6.12. The van der Waals surface area contributed by atoms with Crippen LogP contribution in [0.4, 0.5) is 5.69 Å². The fraction of sp³-hybridized carbons (Fsp3) is 0. The van der Waals surface area contributed by atoms with Crippen LogP contribution in [0.3, 0.4) is 0 Å². The van der Waals surface area contributed by atoms with Gasteiger partial charge in [-0.1, -0.05) is 84.9 Å². The highest BCUT2D eigenvalue weighted by Gasteiger charge is 2.13. The zero-order chi connectivity index (χ0) is 19.6. The van der Waals surface area contributed by atoms with Gasteiger partial charge < -0.3 is 5.32 Å². The van der Waals surface area contributed by atoms with Crippen molar-refractivity contribution in [3.8, 4) is 11.1 Å². The predicted molar refractivity (Wildman–Crippen MR) is 119 cm³/mol. The molecule has 0 spiro atoms. The molecule has 0 atom stereocenters. The molecule has 1 aromatic heterocycles. The first-order valence-electron chi connectivity index (χ1n) is 9.54. The summed E-state index contributed by atoms with van der Waals surface area (Å²) in [6.45, 7) is 0. The van der Waals surface area contributed by atoms with Crippen LogP contribution in [0.25, 0.3) is 32.8 Å². The number of nitrogens with zero attached hydrogens (tertiary/aromatic N) is 1. The molecule has 0 saturated carbocycles. The fourth-order valence-electron chi connectivity index (χ4n) is 3.68. The molecule has 1 N–H and O–H groups in total. The Labute approximate surface area is 168 Å². The largest absolute Gasteiger partial charge is 0.320 e. The maximum absolute atomic E-state index is 13.0. The fourth-order valence-corrected chi connectivity index (χ4v) is 3.68. The first-order chi connectivity index (χ1) is 14.3. The molecule has 0 fully saturated rings. The number of carbonyl (C=O) groups excluding carboxylic acids is 1. The summed E-state index contributed by atoms with van der Waals surface area (Å²) in [4.78, 5) is 17.5. The van der Waals surface area contributed by atoms with E-state index in [0.29, 0.717) is 5.69 Å². The molecule has 0 aliphatic carbocycles. The molecule has 4 aromatic carbocycles. The van der Waals surface area contributed by atoms with Gasteiger partial charge in [0.05, 0.1) is 5.52 Å². The van der Waals surface area contributed by atoms with Gasteiger partial charge in [0.2, 0.25) is 0 Å². The molecule has 5 rings (SSSR count). The molecule has 1 heterocycles. The molecule has 0 bridgehead atoms. The van der Waals surface area contributed by atoms with Gasteiger partial charge in [-0.2, -0.15) is 0 Å². The van der Waals surface area contributed by atoms with E-state index in [2.05, 4.69) is 40.6 Å². The summed E-state index contributed by atoms with van der Waals surface area (Å²) < 4.78 is 0. The van der Waals surface area contributed by atoms with E-state index in [1.165, 1.54) is 0 Å². The van der Waals surface area contributed by atoms with Crippen molar-refractivity contribution in [2.45, 2.75) is 0 Å². The first kappa shape index (κ1) is 17.1. The van der Waals surface area contributed by atoms with Crippen LogP contribution in [0.1, 0.15) is 10.5 Å². The number of hydrogen-bond acceptors (Lipinski definition) is 2. The van der Waals surface area contributed by atoms with Gasteiger partial charge in [-0.25, -0.2) is 4.98 Å². The highest BCUT2D eigenvalue weighted by Crippen LogP contribution is 2.34. The Morgan fingerprint density at radius 2 is 1.38 bits per heavy atom. The summed E-state index contributed by atoms with van der Waals surface area (Å²) in [5, 5.41) is 6.19. The van der Waals surface area contributed by atoms with E-state index < -0.39 is 0 Å². The number of aromatic nitrogens is 1. The maximum Gasteiger partial charge on any atom is 0.274 e. The van der Waals surface area contributed by atoms with Gasteiger partial charge in [-0.3, -0.25) is 4.79 Å². The summed E-state index contributed by atoms with van der Waals surface area (Å²) in [7, 11) is 0. The van der Waals surface area contributed by atoms with Crippen molar-refractivity contribution in [2.24, 2.45) is 0 Å². The molecule has 0 unspecified atom stereocenters. The first-order valence-corrected chi connectivity index (χ1v) is 9.54. The van der Waals surface area contributed by atoms with E-state index in [1.807, 2.05) is 66.7 Å². The summed E-state index contributed by atoms with van der Waals surface area (Å²) in [5.74, 6) is -0.217. The lowest BCUT2D eigenvalue weighted by Crippen LogP contribution is -2.14. The molecule has 0 radical (unpaired) electrons. The lowest BCUT2D eigenvalue weighted by Gasteiger charge is -2.13.